The molecule has 1 heterocycles. The van der Waals surface area contributed by atoms with E-state index in [0.29, 0.717) is 0 Å². The Hall–Kier alpha value is -0.830. The van der Waals surface area contributed by atoms with Crippen LogP contribution in [0.5, 0.6) is 0 Å². The highest BCUT2D eigenvalue weighted by molar-refractivity contribution is 5.78. The molecule has 2 fully saturated rings. The first-order chi connectivity index (χ1) is 6.75. The molecule has 1 saturated heterocycles. The van der Waals surface area contributed by atoms with Crippen molar-refractivity contribution in [3.63, 3.8) is 0 Å². The molecule has 1 aliphatic carbocycles. The van der Waals surface area contributed by atoms with Crippen molar-refractivity contribution < 1.29 is 4.79 Å². The van der Waals surface area contributed by atoms with Crippen molar-refractivity contribution in [2.75, 3.05) is 19.6 Å². The SMILES string of the molecule is C=C(CNC1CC1)CN1CCCC1=O. The summed E-state index contributed by atoms with van der Waals surface area (Å²) in [6.45, 7) is 6.53. The van der Waals surface area contributed by atoms with Crippen LogP contribution in [0.2, 0.25) is 0 Å². The molecule has 3 heteroatoms. The van der Waals surface area contributed by atoms with Gasteiger partial charge in [-0.05, 0) is 24.8 Å². The fraction of sp³-hybridized carbons (Fsp3) is 0.727. The third kappa shape index (κ3) is 2.58. The molecule has 1 N–H and O–H groups in total. The van der Waals surface area contributed by atoms with Gasteiger partial charge in [0, 0.05) is 32.1 Å². The largest absolute Gasteiger partial charge is 0.339 e. The first-order valence-electron chi connectivity index (χ1n) is 5.43. The number of rotatable bonds is 5. The summed E-state index contributed by atoms with van der Waals surface area (Å²) in [5, 5.41) is 3.41. The van der Waals surface area contributed by atoms with E-state index in [1.807, 2.05) is 4.90 Å². The van der Waals surface area contributed by atoms with Crippen LogP contribution in [0.15, 0.2) is 12.2 Å². The van der Waals surface area contributed by atoms with Gasteiger partial charge in [0.15, 0.2) is 0 Å². The second-order valence-corrected chi connectivity index (χ2v) is 4.32. The Morgan fingerprint density at radius 3 is 2.93 bits per heavy atom. The van der Waals surface area contributed by atoms with Crippen LogP contribution in [0.3, 0.4) is 0 Å². The zero-order valence-corrected chi connectivity index (χ0v) is 8.59. The van der Waals surface area contributed by atoms with Crippen LogP contribution in [-0.4, -0.2) is 36.5 Å². The molecule has 0 spiro atoms. The molecule has 0 aromatic heterocycles. The Labute approximate surface area is 85.2 Å². The third-order valence-electron chi connectivity index (χ3n) is 2.80. The average molecular weight is 194 g/mol. The summed E-state index contributed by atoms with van der Waals surface area (Å²) in [4.78, 5) is 13.2. The maximum absolute atomic E-state index is 11.3. The van der Waals surface area contributed by atoms with E-state index < -0.39 is 0 Å². The highest BCUT2D eigenvalue weighted by atomic mass is 16.2. The fourth-order valence-electron chi connectivity index (χ4n) is 1.77. The summed E-state index contributed by atoms with van der Waals surface area (Å²) in [7, 11) is 0. The Balaban J connectivity index is 1.67. The van der Waals surface area contributed by atoms with Gasteiger partial charge in [-0.15, -0.1) is 0 Å². The number of amides is 1. The first kappa shape index (κ1) is 9.71. The molecule has 1 saturated carbocycles. The van der Waals surface area contributed by atoms with Crippen molar-refractivity contribution in [1.82, 2.24) is 10.2 Å². The Bertz CT molecular complexity index is 246. The van der Waals surface area contributed by atoms with Gasteiger partial charge in [-0.25, -0.2) is 0 Å². The Morgan fingerprint density at radius 2 is 2.36 bits per heavy atom. The normalized spacial score (nSPS) is 21.7. The highest BCUT2D eigenvalue weighted by Crippen LogP contribution is 2.19. The van der Waals surface area contributed by atoms with E-state index in [1.165, 1.54) is 12.8 Å². The van der Waals surface area contributed by atoms with Crippen LogP contribution >= 0.6 is 0 Å². The van der Waals surface area contributed by atoms with Crippen molar-refractivity contribution in [2.24, 2.45) is 0 Å². The van der Waals surface area contributed by atoms with Gasteiger partial charge in [0.05, 0.1) is 0 Å². The molecule has 0 radical (unpaired) electrons. The van der Waals surface area contributed by atoms with Gasteiger partial charge in [0.25, 0.3) is 0 Å². The summed E-state index contributed by atoms with van der Waals surface area (Å²) in [5.41, 5.74) is 1.13. The highest BCUT2D eigenvalue weighted by Gasteiger charge is 2.22. The molecule has 2 rings (SSSR count). The molecule has 0 aromatic rings. The van der Waals surface area contributed by atoms with E-state index >= 15 is 0 Å². The molecule has 0 unspecified atom stereocenters. The molecule has 2 aliphatic rings. The zero-order chi connectivity index (χ0) is 9.97. The summed E-state index contributed by atoms with van der Waals surface area (Å²) < 4.78 is 0. The van der Waals surface area contributed by atoms with Crippen molar-refractivity contribution in [1.29, 1.82) is 0 Å². The number of carbonyl (C=O) groups excluding carboxylic acids is 1. The van der Waals surface area contributed by atoms with E-state index in [1.54, 1.807) is 0 Å². The summed E-state index contributed by atoms with van der Waals surface area (Å²) >= 11 is 0. The maximum atomic E-state index is 11.3. The molecular weight excluding hydrogens is 176 g/mol. The summed E-state index contributed by atoms with van der Waals surface area (Å²) in [5.74, 6) is 0.289. The minimum Gasteiger partial charge on any atom is -0.339 e. The monoisotopic (exact) mass is 194 g/mol. The number of carbonyl (C=O) groups is 1. The minimum absolute atomic E-state index is 0.289. The molecule has 0 aromatic carbocycles. The number of hydrogen-bond donors (Lipinski definition) is 1. The lowest BCUT2D eigenvalue weighted by molar-refractivity contribution is -0.127. The quantitative estimate of drug-likeness (QED) is 0.660. The number of nitrogens with one attached hydrogen (secondary N) is 1. The zero-order valence-electron chi connectivity index (χ0n) is 8.59. The van der Waals surface area contributed by atoms with Crippen LogP contribution in [0.4, 0.5) is 0 Å². The predicted octanol–water partition coefficient (Wildman–Crippen LogP) is 0.917. The number of likely N-dealkylation sites (tertiary alicyclic amines) is 1. The molecule has 0 bridgehead atoms. The van der Waals surface area contributed by atoms with E-state index in [2.05, 4.69) is 11.9 Å². The van der Waals surface area contributed by atoms with Gasteiger partial charge in [-0.3, -0.25) is 4.79 Å². The molecule has 3 nitrogen and oxygen atoms in total. The van der Waals surface area contributed by atoms with Crippen molar-refractivity contribution in [3.05, 3.63) is 12.2 Å². The van der Waals surface area contributed by atoms with E-state index in [-0.39, 0.29) is 5.91 Å². The second kappa shape index (κ2) is 4.13. The van der Waals surface area contributed by atoms with Gasteiger partial charge < -0.3 is 10.2 Å². The smallest absolute Gasteiger partial charge is 0.222 e. The van der Waals surface area contributed by atoms with Crippen LogP contribution in [-0.2, 0) is 4.79 Å². The van der Waals surface area contributed by atoms with Crippen LogP contribution < -0.4 is 5.32 Å². The van der Waals surface area contributed by atoms with Gasteiger partial charge in [-0.1, -0.05) is 6.58 Å². The van der Waals surface area contributed by atoms with Crippen LogP contribution in [0, 0.1) is 0 Å². The van der Waals surface area contributed by atoms with E-state index in [4.69, 9.17) is 0 Å². The predicted molar refractivity (Wildman–Crippen MR) is 56.0 cm³/mol. The van der Waals surface area contributed by atoms with Gasteiger partial charge in [0.2, 0.25) is 5.91 Å². The van der Waals surface area contributed by atoms with Gasteiger partial charge in [-0.2, -0.15) is 0 Å². The Kier molecular flexibility index (Phi) is 2.87. The fourth-order valence-corrected chi connectivity index (χ4v) is 1.77. The molecule has 1 amide bonds. The van der Waals surface area contributed by atoms with Gasteiger partial charge in [0.1, 0.15) is 0 Å². The maximum Gasteiger partial charge on any atom is 0.222 e. The standard InChI is InChI=1S/C11H18N2O/c1-9(7-12-10-4-5-10)8-13-6-2-3-11(13)14/h10,12H,1-8H2. The van der Waals surface area contributed by atoms with E-state index in [0.717, 1.165) is 44.1 Å². The lowest BCUT2D eigenvalue weighted by Crippen LogP contribution is -2.30. The summed E-state index contributed by atoms with van der Waals surface area (Å²) in [6, 6.07) is 0.723. The minimum atomic E-state index is 0.289. The summed E-state index contributed by atoms with van der Waals surface area (Å²) in [6.07, 6.45) is 4.34. The molecular formula is C11H18N2O. The lowest BCUT2D eigenvalue weighted by atomic mass is 10.3. The van der Waals surface area contributed by atoms with Crippen LogP contribution in [0.25, 0.3) is 0 Å². The van der Waals surface area contributed by atoms with Crippen molar-refractivity contribution in [2.45, 2.75) is 31.7 Å². The van der Waals surface area contributed by atoms with Gasteiger partial charge >= 0.3 is 0 Å². The molecule has 14 heavy (non-hydrogen) atoms. The lowest BCUT2D eigenvalue weighted by Gasteiger charge is -2.17. The molecule has 78 valence electrons. The molecule has 0 atom stereocenters. The second-order valence-electron chi connectivity index (χ2n) is 4.32. The average Bonchev–Trinajstić information content (AvgIpc) is 2.90. The van der Waals surface area contributed by atoms with Crippen molar-refractivity contribution in [3.8, 4) is 0 Å². The van der Waals surface area contributed by atoms with E-state index in [9.17, 15) is 4.79 Å². The van der Waals surface area contributed by atoms with Crippen LogP contribution in [0.1, 0.15) is 25.7 Å². The Morgan fingerprint density at radius 1 is 1.57 bits per heavy atom. The van der Waals surface area contributed by atoms with Crippen molar-refractivity contribution >= 4 is 5.91 Å². The number of nitrogens with zero attached hydrogens (tertiary/aromatic N) is 1. The topological polar surface area (TPSA) is 32.3 Å². The molecule has 1 aliphatic heterocycles. The first-order valence-corrected chi connectivity index (χ1v) is 5.43. The third-order valence-corrected chi connectivity index (χ3v) is 2.80. The number of hydrogen-bond acceptors (Lipinski definition) is 2.